The molecule has 0 aromatic heterocycles. The number of hydrogen-bond acceptors (Lipinski definition) is 4. The first-order chi connectivity index (χ1) is 9.15. The first kappa shape index (κ1) is 15.5. The van der Waals surface area contributed by atoms with Gasteiger partial charge in [0.15, 0.2) is 5.79 Å². The molecule has 0 atom stereocenters. The Balaban J connectivity index is 2.37. The summed E-state index contributed by atoms with van der Waals surface area (Å²) in [4.78, 5) is 12.2. The smallest absolute Gasteiger partial charge is 0.334 e. The van der Waals surface area contributed by atoms with Gasteiger partial charge in [0, 0.05) is 17.4 Å². The summed E-state index contributed by atoms with van der Waals surface area (Å²) in [5.41, 5.74) is 1.28. The van der Waals surface area contributed by atoms with Crippen molar-refractivity contribution in [3.05, 3.63) is 11.1 Å². The van der Waals surface area contributed by atoms with Crippen molar-refractivity contribution in [1.29, 1.82) is 0 Å². The van der Waals surface area contributed by atoms with Crippen LogP contribution in [0.3, 0.4) is 0 Å². The first-order valence-corrected chi connectivity index (χ1v) is 7.22. The molecule has 2 aliphatic rings. The van der Waals surface area contributed by atoms with E-state index >= 15 is 0 Å². The number of methoxy groups -OCH3 is 1. The van der Waals surface area contributed by atoms with Crippen molar-refractivity contribution in [2.75, 3.05) is 20.3 Å². The second kappa shape index (κ2) is 4.85. The molecule has 2 rings (SSSR count). The van der Waals surface area contributed by atoms with Gasteiger partial charge in [0.1, 0.15) is 0 Å². The third-order valence-electron chi connectivity index (χ3n) is 4.61. The summed E-state index contributed by atoms with van der Waals surface area (Å²) in [5, 5.41) is 0. The molecule has 1 saturated heterocycles. The number of rotatable bonds is 1. The van der Waals surface area contributed by atoms with Gasteiger partial charge in [0.2, 0.25) is 0 Å². The number of esters is 1. The van der Waals surface area contributed by atoms with Crippen LogP contribution in [0.1, 0.15) is 47.5 Å². The maximum absolute atomic E-state index is 12.2. The molecule has 20 heavy (non-hydrogen) atoms. The Hall–Kier alpha value is -0.870. The molecule has 0 saturated carbocycles. The van der Waals surface area contributed by atoms with Crippen LogP contribution in [0.2, 0.25) is 0 Å². The SMILES string of the molecule is COC(=O)C1=C(C)CCC2(OCC(C)(C)CO2)C1(C)C. The van der Waals surface area contributed by atoms with E-state index in [1.54, 1.807) is 0 Å². The molecule has 0 aromatic carbocycles. The van der Waals surface area contributed by atoms with E-state index in [1.807, 2.05) is 20.8 Å². The third kappa shape index (κ3) is 2.29. The lowest BCUT2D eigenvalue weighted by Gasteiger charge is -2.54. The van der Waals surface area contributed by atoms with Crippen molar-refractivity contribution in [3.8, 4) is 0 Å². The largest absolute Gasteiger partial charge is 0.466 e. The maximum Gasteiger partial charge on any atom is 0.334 e. The number of allylic oxidation sites excluding steroid dienone is 1. The zero-order valence-corrected chi connectivity index (χ0v) is 13.5. The van der Waals surface area contributed by atoms with Crippen molar-refractivity contribution in [3.63, 3.8) is 0 Å². The Labute approximate surface area is 121 Å². The van der Waals surface area contributed by atoms with E-state index < -0.39 is 11.2 Å². The highest BCUT2D eigenvalue weighted by Crippen LogP contribution is 2.52. The molecular weight excluding hydrogens is 256 g/mol. The van der Waals surface area contributed by atoms with Gasteiger partial charge in [-0.05, 0) is 13.3 Å². The summed E-state index contributed by atoms with van der Waals surface area (Å²) in [6, 6.07) is 0. The fraction of sp³-hybridized carbons (Fsp3) is 0.812. The predicted molar refractivity (Wildman–Crippen MR) is 76.1 cm³/mol. The van der Waals surface area contributed by atoms with Gasteiger partial charge in [-0.2, -0.15) is 0 Å². The Morgan fingerprint density at radius 2 is 1.70 bits per heavy atom. The fourth-order valence-corrected chi connectivity index (χ4v) is 3.26. The summed E-state index contributed by atoms with van der Waals surface area (Å²) in [6.45, 7) is 11.6. The number of ether oxygens (including phenoxy) is 3. The second-order valence-electron chi connectivity index (χ2n) is 7.27. The van der Waals surface area contributed by atoms with Crippen LogP contribution in [0.5, 0.6) is 0 Å². The van der Waals surface area contributed by atoms with E-state index in [2.05, 4.69) is 13.8 Å². The molecule has 1 spiro atoms. The predicted octanol–water partition coefficient (Wildman–Crippen LogP) is 3.07. The zero-order chi connectivity index (χ0) is 15.2. The summed E-state index contributed by atoms with van der Waals surface area (Å²) in [6.07, 6.45) is 1.58. The minimum Gasteiger partial charge on any atom is -0.466 e. The molecule has 4 heteroatoms. The van der Waals surface area contributed by atoms with Gasteiger partial charge in [-0.3, -0.25) is 0 Å². The van der Waals surface area contributed by atoms with Crippen LogP contribution in [-0.4, -0.2) is 32.1 Å². The van der Waals surface area contributed by atoms with E-state index in [0.717, 1.165) is 18.4 Å². The second-order valence-corrected chi connectivity index (χ2v) is 7.27. The lowest BCUT2D eigenvalue weighted by Crippen LogP contribution is -2.59. The molecule has 0 unspecified atom stereocenters. The Kier molecular flexibility index (Phi) is 3.76. The molecule has 114 valence electrons. The van der Waals surface area contributed by atoms with Gasteiger partial charge >= 0.3 is 5.97 Å². The van der Waals surface area contributed by atoms with Crippen molar-refractivity contribution in [1.82, 2.24) is 0 Å². The average Bonchev–Trinajstić information content (AvgIpc) is 2.36. The highest BCUT2D eigenvalue weighted by molar-refractivity contribution is 5.91. The van der Waals surface area contributed by atoms with Gasteiger partial charge in [-0.1, -0.05) is 33.3 Å². The topological polar surface area (TPSA) is 44.8 Å². The molecule has 0 aromatic rings. The summed E-state index contributed by atoms with van der Waals surface area (Å²) >= 11 is 0. The van der Waals surface area contributed by atoms with Gasteiger partial charge < -0.3 is 14.2 Å². The molecule has 0 N–H and O–H groups in total. The number of hydrogen-bond donors (Lipinski definition) is 0. The van der Waals surface area contributed by atoms with E-state index in [9.17, 15) is 4.79 Å². The first-order valence-electron chi connectivity index (χ1n) is 7.22. The van der Waals surface area contributed by atoms with Crippen LogP contribution in [0.4, 0.5) is 0 Å². The van der Waals surface area contributed by atoms with Crippen LogP contribution in [0.15, 0.2) is 11.1 Å². The van der Waals surface area contributed by atoms with Crippen LogP contribution < -0.4 is 0 Å². The van der Waals surface area contributed by atoms with Crippen molar-refractivity contribution < 1.29 is 19.0 Å². The van der Waals surface area contributed by atoms with Crippen LogP contribution >= 0.6 is 0 Å². The average molecular weight is 282 g/mol. The molecule has 0 bridgehead atoms. The van der Waals surface area contributed by atoms with Crippen LogP contribution in [-0.2, 0) is 19.0 Å². The minimum absolute atomic E-state index is 0.0168. The van der Waals surface area contributed by atoms with Crippen molar-refractivity contribution >= 4 is 5.97 Å². The standard InChI is InChI=1S/C16H26O4/c1-11-7-8-16(19-9-14(2,3)10-20-16)15(4,5)12(11)13(17)18-6/h7-10H2,1-6H3. The third-order valence-corrected chi connectivity index (χ3v) is 4.61. The van der Waals surface area contributed by atoms with Crippen molar-refractivity contribution in [2.24, 2.45) is 10.8 Å². The van der Waals surface area contributed by atoms with Crippen molar-refractivity contribution in [2.45, 2.75) is 53.2 Å². The fourth-order valence-electron chi connectivity index (χ4n) is 3.26. The monoisotopic (exact) mass is 282 g/mol. The number of carbonyl (C=O) groups excluding carboxylic acids is 1. The molecule has 0 radical (unpaired) electrons. The zero-order valence-electron chi connectivity index (χ0n) is 13.5. The molecule has 1 aliphatic carbocycles. The summed E-state index contributed by atoms with van der Waals surface area (Å²) in [5.74, 6) is -0.991. The quantitative estimate of drug-likeness (QED) is 0.693. The van der Waals surface area contributed by atoms with E-state index in [-0.39, 0.29) is 11.4 Å². The summed E-state index contributed by atoms with van der Waals surface area (Å²) in [7, 11) is 1.42. The van der Waals surface area contributed by atoms with Gasteiger partial charge in [0.05, 0.1) is 25.7 Å². The van der Waals surface area contributed by atoms with Gasteiger partial charge in [0.25, 0.3) is 0 Å². The number of carbonyl (C=O) groups is 1. The van der Waals surface area contributed by atoms with Gasteiger partial charge in [-0.25, -0.2) is 4.79 Å². The Bertz CT molecular complexity index is 435. The normalized spacial score (nSPS) is 27.5. The molecule has 1 heterocycles. The summed E-state index contributed by atoms with van der Waals surface area (Å²) < 4.78 is 17.3. The molecule has 0 amide bonds. The molecular formula is C16H26O4. The molecule has 1 fully saturated rings. The Morgan fingerprint density at radius 3 is 2.20 bits per heavy atom. The highest BCUT2D eigenvalue weighted by Gasteiger charge is 2.57. The maximum atomic E-state index is 12.2. The molecule has 1 aliphatic heterocycles. The van der Waals surface area contributed by atoms with E-state index in [1.165, 1.54) is 7.11 Å². The molecule has 4 nitrogen and oxygen atoms in total. The van der Waals surface area contributed by atoms with Gasteiger partial charge in [-0.15, -0.1) is 0 Å². The highest BCUT2D eigenvalue weighted by atomic mass is 16.7. The minimum atomic E-state index is -0.717. The van der Waals surface area contributed by atoms with Crippen LogP contribution in [0.25, 0.3) is 0 Å². The van der Waals surface area contributed by atoms with Crippen LogP contribution in [0, 0.1) is 10.8 Å². The van der Waals surface area contributed by atoms with E-state index in [4.69, 9.17) is 14.2 Å². The Morgan fingerprint density at radius 1 is 1.15 bits per heavy atom. The lowest BCUT2D eigenvalue weighted by molar-refractivity contribution is -0.340. The van der Waals surface area contributed by atoms with E-state index in [0.29, 0.717) is 18.8 Å². The lowest BCUT2D eigenvalue weighted by atomic mass is 9.67.